The van der Waals surface area contributed by atoms with Gasteiger partial charge in [0.2, 0.25) is 0 Å². The van der Waals surface area contributed by atoms with Gasteiger partial charge in [0.1, 0.15) is 11.4 Å². The first-order valence-corrected chi connectivity index (χ1v) is 11.7. The van der Waals surface area contributed by atoms with Crippen LogP contribution < -0.4 is 10.3 Å². The van der Waals surface area contributed by atoms with Crippen LogP contribution in [0, 0.1) is 11.3 Å². The van der Waals surface area contributed by atoms with Gasteiger partial charge in [-0.1, -0.05) is 23.7 Å². The Kier molecular flexibility index (Phi) is 8.01. The molecule has 0 saturated heterocycles. The lowest BCUT2D eigenvalue weighted by Crippen LogP contribution is -2.28. The number of ketones is 1. The molecule has 3 aromatic rings. The van der Waals surface area contributed by atoms with Crippen LogP contribution in [0.15, 0.2) is 59.5 Å². The van der Waals surface area contributed by atoms with Gasteiger partial charge >= 0.3 is 5.97 Å². The summed E-state index contributed by atoms with van der Waals surface area (Å²) in [6.45, 7) is 7.01. The summed E-state index contributed by atoms with van der Waals surface area (Å²) >= 11 is 6.11. The summed E-state index contributed by atoms with van der Waals surface area (Å²) in [5, 5.41) is 9.88. The molecule has 2 aromatic carbocycles. The van der Waals surface area contributed by atoms with Gasteiger partial charge in [0.05, 0.1) is 36.5 Å². The molecule has 0 saturated carbocycles. The number of aromatic nitrogens is 1. The molecular formula is C28H27ClN2O5. The van der Waals surface area contributed by atoms with Gasteiger partial charge in [0, 0.05) is 28.6 Å². The van der Waals surface area contributed by atoms with Crippen molar-refractivity contribution >= 4 is 23.4 Å². The second-order valence-corrected chi connectivity index (χ2v) is 9.76. The Hall–Kier alpha value is -3.89. The SMILES string of the molecule is COc1cn(C(C)C(=O)Cc2ccc(C(=O)OC(C)(C)C)cc2)c(=O)cc1-c1cc(Cl)ccc1C#N. The first-order valence-electron chi connectivity index (χ1n) is 11.3. The molecule has 0 fully saturated rings. The first kappa shape index (κ1) is 26.7. The van der Waals surface area contributed by atoms with Gasteiger partial charge in [-0.2, -0.15) is 5.26 Å². The lowest BCUT2D eigenvalue weighted by Gasteiger charge is -2.19. The van der Waals surface area contributed by atoms with Crippen LogP contribution in [0.3, 0.4) is 0 Å². The lowest BCUT2D eigenvalue weighted by molar-refractivity contribution is -0.121. The minimum absolute atomic E-state index is 0.0686. The van der Waals surface area contributed by atoms with E-state index in [9.17, 15) is 19.6 Å². The highest BCUT2D eigenvalue weighted by Crippen LogP contribution is 2.33. The highest BCUT2D eigenvalue weighted by Gasteiger charge is 2.21. The largest absolute Gasteiger partial charge is 0.495 e. The number of Topliss-reactive ketones (excluding diaryl/α,β-unsaturated/α-hetero) is 1. The molecular weight excluding hydrogens is 480 g/mol. The van der Waals surface area contributed by atoms with Crippen molar-refractivity contribution in [1.29, 1.82) is 5.26 Å². The molecule has 1 aromatic heterocycles. The molecule has 7 nitrogen and oxygen atoms in total. The van der Waals surface area contributed by atoms with Crippen LogP contribution in [-0.4, -0.2) is 29.0 Å². The number of ether oxygens (including phenoxy) is 2. The van der Waals surface area contributed by atoms with E-state index in [1.54, 1.807) is 70.2 Å². The van der Waals surface area contributed by atoms with E-state index in [0.717, 1.165) is 0 Å². The molecule has 1 atom stereocenters. The molecule has 0 amide bonds. The number of nitriles is 1. The molecule has 0 spiro atoms. The zero-order chi connectivity index (χ0) is 26.6. The van der Waals surface area contributed by atoms with Gasteiger partial charge in [0.25, 0.3) is 5.56 Å². The predicted octanol–water partition coefficient (Wildman–Crippen LogP) is 5.38. The zero-order valence-electron chi connectivity index (χ0n) is 20.8. The monoisotopic (exact) mass is 506 g/mol. The highest BCUT2D eigenvalue weighted by molar-refractivity contribution is 6.31. The number of carbonyl (C=O) groups is 2. The van der Waals surface area contributed by atoms with E-state index in [1.165, 1.54) is 23.9 Å². The van der Waals surface area contributed by atoms with Crippen molar-refractivity contribution in [3.05, 3.63) is 86.8 Å². The van der Waals surface area contributed by atoms with Crippen LogP contribution in [0.2, 0.25) is 5.02 Å². The minimum atomic E-state index is -0.777. The van der Waals surface area contributed by atoms with Crippen molar-refractivity contribution in [2.45, 2.75) is 45.8 Å². The summed E-state index contributed by atoms with van der Waals surface area (Å²) in [6, 6.07) is 14.0. The lowest BCUT2D eigenvalue weighted by atomic mass is 9.99. The van der Waals surface area contributed by atoms with Crippen molar-refractivity contribution in [3.63, 3.8) is 0 Å². The molecule has 0 bridgehead atoms. The third-order valence-corrected chi connectivity index (χ3v) is 5.74. The molecule has 1 unspecified atom stereocenters. The van der Waals surface area contributed by atoms with Crippen LogP contribution in [0.5, 0.6) is 5.75 Å². The van der Waals surface area contributed by atoms with Crippen LogP contribution in [0.25, 0.3) is 11.1 Å². The van der Waals surface area contributed by atoms with E-state index >= 15 is 0 Å². The molecule has 3 rings (SSSR count). The second kappa shape index (κ2) is 10.8. The number of nitrogens with zero attached hydrogens (tertiary/aromatic N) is 2. The maximum atomic E-state index is 13.0. The predicted molar refractivity (Wildman–Crippen MR) is 137 cm³/mol. The summed E-state index contributed by atoms with van der Waals surface area (Å²) in [7, 11) is 1.45. The Morgan fingerprint density at radius 1 is 1.08 bits per heavy atom. The van der Waals surface area contributed by atoms with Crippen molar-refractivity contribution < 1.29 is 19.1 Å². The van der Waals surface area contributed by atoms with E-state index in [2.05, 4.69) is 6.07 Å². The third kappa shape index (κ3) is 6.21. The fraction of sp³-hybridized carbons (Fsp3) is 0.286. The van der Waals surface area contributed by atoms with Crippen molar-refractivity contribution in [1.82, 2.24) is 4.57 Å². The summed E-state index contributed by atoms with van der Waals surface area (Å²) in [5.41, 5.74) is 1.29. The summed E-state index contributed by atoms with van der Waals surface area (Å²) in [5.74, 6) is -0.307. The Labute approximate surface area is 214 Å². The molecule has 0 aliphatic rings. The van der Waals surface area contributed by atoms with Gasteiger partial charge in [-0.15, -0.1) is 0 Å². The van der Waals surface area contributed by atoms with Crippen molar-refractivity contribution in [2.75, 3.05) is 7.11 Å². The summed E-state index contributed by atoms with van der Waals surface area (Å²) < 4.78 is 12.1. The van der Waals surface area contributed by atoms with Gasteiger partial charge < -0.3 is 14.0 Å². The van der Waals surface area contributed by atoms with Crippen molar-refractivity contribution in [3.8, 4) is 22.9 Å². The minimum Gasteiger partial charge on any atom is -0.495 e. The number of halogens is 1. The Morgan fingerprint density at radius 3 is 2.33 bits per heavy atom. The topological polar surface area (TPSA) is 98.4 Å². The highest BCUT2D eigenvalue weighted by atomic mass is 35.5. The number of hydrogen-bond acceptors (Lipinski definition) is 6. The maximum Gasteiger partial charge on any atom is 0.338 e. The Morgan fingerprint density at radius 2 is 1.75 bits per heavy atom. The van der Waals surface area contributed by atoms with Gasteiger partial charge in [-0.25, -0.2) is 4.79 Å². The number of benzene rings is 2. The van der Waals surface area contributed by atoms with E-state index in [-0.39, 0.29) is 12.2 Å². The number of pyridine rings is 1. The molecule has 186 valence electrons. The number of carbonyl (C=O) groups excluding carboxylic acids is 2. The Bertz CT molecular complexity index is 1400. The van der Waals surface area contributed by atoms with E-state index in [1.807, 2.05) is 0 Å². The average Bonchev–Trinajstić information content (AvgIpc) is 2.82. The number of hydrogen-bond donors (Lipinski definition) is 0. The molecule has 8 heteroatoms. The first-order chi connectivity index (χ1) is 16.9. The third-order valence-electron chi connectivity index (χ3n) is 5.51. The van der Waals surface area contributed by atoms with Crippen LogP contribution in [0.4, 0.5) is 0 Å². The smallest absolute Gasteiger partial charge is 0.338 e. The van der Waals surface area contributed by atoms with Gasteiger partial charge in [-0.3, -0.25) is 9.59 Å². The molecule has 0 aliphatic carbocycles. The standard InChI is InChI=1S/C28H27ClN2O5/c1-17(24(32)12-18-6-8-19(9-7-18)27(34)36-28(2,3)4)31-16-25(35-5)23(14-26(31)33)22-13-21(29)11-10-20(22)15-30/h6-11,13-14,16-17H,12H2,1-5H3. The number of methoxy groups -OCH3 is 1. The average molecular weight is 507 g/mol. The molecule has 1 heterocycles. The molecule has 0 N–H and O–H groups in total. The summed E-state index contributed by atoms with van der Waals surface area (Å²) in [4.78, 5) is 38.2. The fourth-order valence-corrected chi connectivity index (χ4v) is 3.81. The normalized spacial score (nSPS) is 11.9. The van der Waals surface area contributed by atoms with E-state index in [4.69, 9.17) is 21.1 Å². The quantitative estimate of drug-likeness (QED) is 0.399. The number of rotatable bonds is 7. The Balaban J connectivity index is 1.84. The van der Waals surface area contributed by atoms with E-state index < -0.39 is 23.2 Å². The molecule has 0 aliphatic heterocycles. The van der Waals surface area contributed by atoms with Gasteiger partial charge in [-0.05, 0) is 63.6 Å². The van der Waals surface area contributed by atoms with Crippen LogP contribution in [0.1, 0.15) is 55.2 Å². The zero-order valence-corrected chi connectivity index (χ0v) is 21.6. The van der Waals surface area contributed by atoms with Crippen LogP contribution >= 0.6 is 11.6 Å². The van der Waals surface area contributed by atoms with Crippen LogP contribution in [-0.2, 0) is 16.0 Å². The fourth-order valence-electron chi connectivity index (χ4n) is 3.64. The number of esters is 1. The molecule has 0 radical (unpaired) electrons. The van der Waals surface area contributed by atoms with E-state index in [0.29, 0.717) is 38.6 Å². The van der Waals surface area contributed by atoms with Gasteiger partial charge in [0.15, 0.2) is 5.78 Å². The summed E-state index contributed by atoms with van der Waals surface area (Å²) in [6.07, 6.45) is 1.53. The molecule has 36 heavy (non-hydrogen) atoms. The maximum absolute atomic E-state index is 13.0. The van der Waals surface area contributed by atoms with Crippen molar-refractivity contribution in [2.24, 2.45) is 0 Å². The second-order valence-electron chi connectivity index (χ2n) is 9.32.